The van der Waals surface area contributed by atoms with Crippen molar-refractivity contribution in [3.8, 4) is 0 Å². The summed E-state index contributed by atoms with van der Waals surface area (Å²) in [5, 5.41) is 6.83. The minimum atomic E-state index is -0.207. The summed E-state index contributed by atoms with van der Waals surface area (Å²) in [6, 6.07) is 1.74. The molecule has 4 nitrogen and oxygen atoms in total. The van der Waals surface area contributed by atoms with Gasteiger partial charge in [-0.25, -0.2) is 0 Å². The predicted octanol–water partition coefficient (Wildman–Crippen LogP) is 6.15. The standard InChI is InChI=1S/C15H21N3O.3C2H6/c1-6-13(8-7-12(4)11(2)3)15(19)16-14-9-10-18(5)17-14;3*1-2/h6-11H,1H2,2-5H3,(H,16,17,19);3*1-2H3/b12-7+,13-8+;;;. The molecule has 4 heteroatoms. The van der Waals surface area contributed by atoms with E-state index in [4.69, 9.17) is 0 Å². The molecule has 1 aromatic heterocycles. The quantitative estimate of drug-likeness (QED) is 0.512. The average molecular weight is 350 g/mol. The van der Waals surface area contributed by atoms with Crippen LogP contribution in [0.2, 0.25) is 0 Å². The third-order valence-corrected chi connectivity index (χ3v) is 2.87. The lowest BCUT2D eigenvalue weighted by Crippen LogP contribution is -2.13. The Bertz CT molecular complexity index is 523. The van der Waals surface area contributed by atoms with Gasteiger partial charge in [-0.15, -0.1) is 0 Å². The second-order valence-corrected chi connectivity index (χ2v) is 4.72. The van der Waals surface area contributed by atoms with Crippen LogP contribution in [0.3, 0.4) is 0 Å². The zero-order valence-electron chi connectivity index (χ0n) is 18.0. The van der Waals surface area contributed by atoms with E-state index >= 15 is 0 Å². The van der Waals surface area contributed by atoms with Crippen LogP contribution in [0, 0.1) is 5.92 Å². The van der Waals surface area contributed by atoms with Gasteiger partial charge in [-0.2, -0.15) is 5.10 Å². The van der Waals surface area contributed by atoms with Gasteiger partial charge in [0.25, 0.3) is 5.91 Å². The van der Waals surface area contributed by atoms with Gasteiger partial charge in [0, 0.05) is 24.9 Å². The Morgan fingerprint density at radius 3 is 2.04 bits per heavy atom. The molecule has 1 amide bonds. The maximum atomic E-state index is 12.0. The highest BCUT2D eigenvalue weighted by Gasteiger charge is 2.07. The van der Waals surface area contributed by atoms with Crippen LogP contribution in [0.4, 0.5) is 5.82 Å². The van der Waals surface area contributed by atoms with E-state index < -0.39 is 0 Å². The zero-order valence-corrected chi connectivity index (χ0v) is 18.0. The Balaban J connectivity index is -0.000000725. The first-order chi connectivity index (χ1) is 11.9. The Labute approximate surface area is 155 Å². The second-order valence-electron chi connectivity index (χ2n) is 4.72. The highest BCUT2D eigenvalue weighted by atomic mass is 16.1. The van der Waals surface area contributed by atoms with Crippen molar-refractivity contribution in [3.63, 3.8) is 0 Å². The lowest BCUT2D eigenvalue weighted by Gasteiger charge is -2.04. The van der Waals surface area contributed by atoms with Crippen LogP contribution in [-0.2, 0) is 11.8 Å². The average Bonchev–Trinajstić information content (AvgIpc) is 3.05. The number of rotatable bonds is 5. The molecule has 1 aromatic rings. The molecule has 0 aromatic carbocycles. The molecule has 144 valence electrons. The number of carbonyl (C=O) groups excluding carboxylic acids is 1. The van der Waals surface area contributed by atoms with Crippen molar-refractivity contribution in [1.82, 2.24) is 9.78 Å². The molecule has 0 bridgehead atoms. The molecule has 0 saturated heterocycles. The Kier molecular flexibility index (Phi) is 20.2. The fraction of sp³-hybridized carbons (Fsp3) is 0.524. The molecule has 1 N–H and O–H groups in total. The van der Waals surface area contributed by atoms with Gasteiger partial charge in [-0.1, -0.05) is 79.7 Å². The molecule has 1 rings (SSSR count). The largest absolute Gasteiger partial charge is 0.305 e. The topological polar surface area (TPSA) is 46.9 Å². The predicted molar refractivity (Wildman–Crippen MR) is 113 cm³/mol. The van der Waals surface area contributed by atoms with Crippen molar-refractivity contribution in [2.24, 2.45) is 13.0 Å². The summed E-state index contributed by atoms with van der Waals surface area (Å²) in [7, 11) is 1.80. The molecular formula is C21H39N3O. The minimum absolute atomic E-state index is 0.207. The molecule has 0 aliphatic rings. The molecular weight excluding hydrogens is 310 g/mol. The maximum absolute atomic E-state index is 12.0. The van der Waals surface area contributed by atoms with E-state index in [0.717, 1.165) is 0 Å². The molecule has 0 radical (unpaired) electrons. The number of amides is 1. The first-order valence-corrected chi connectivity index (χ1v) is 9.26. The highest BCUT2D eigenvalue weighted by Crippen LogP contribution is 2.10. The van der Waals surface area contributed by atoms with E-state index in [0.29, 0.717) is 17.3 Å². The molecule has 0 aliphatic carbocycles. The van der Waals surface area contributed by atoms with E-state index in [2.05, 4.69) is 30.8 Å². The molecule has 25 heavy (non-hydrogen) atoms. The number of allylic oxidation sites excluding steroid dienone is 3. The fourth-order valence-electron chi connectivity index (χ4n) is 1.32. The Hall–Kier alpha value is -2.10. The van der Waals surface area contributed by atoms with E-state index in [-0.39, 0.29) is 5.91 Å². The normalized spacial score (nSPS) is 10.4. The maximum Gasteiger partial charge on any atom is 0.256 e. The van der Waals surface area contributed by atoms with E-state index in [9.17, 15) is 4.79 Å². The second kappa shape index (κ2) is 18.2. The molecule has 1 heterocycles. The van der Waals surface area contributed by atoms with Crippen molar-refractivity contribution in [2.75, 3.05) is 5.32 Å². The van der Waals surface area contributed by atoms with Crippen molar-refractivity contribution >= 4 is 11.7 Å². The number of aryl methyl sites for hydroxylation is 1. The van der Waals surface area contributed by atoms with Gasteiger partial charge in [-0.05, 0) is 18.9 Å². The van der Waals surface area contributed by atoms with Crippen molar-refractivity contribution < 1.29 is 4.79 Å². The Morgan fingerprint density at radius 2 is 1.68 bits per heavy atom. The van der Waals surface area contributed by atoms with Crippen LogP contribution in [0.5, 0.6) is 0 Å². The Morgan fingerprint density at radius 1 is 1.16 bits per heavy atom. The van der Waals surface area contributed by atoms with Crippen LogP contribution in [0.25, 0.3) is 0 Å². The number of hydrogen-bond acceptors (Lipinski definition) is 2. The van der Waals surface area contributed by atoms with Crippen LogP contribution < -0.4 is 5.32 Å². The van der Waals surface area contributed by atoms with Crippen LogP contribution in [0.1, 0.15) is 62.3 Å². The number of hydrogen-bond donors (Lipinski definition) is 1. The fourth-order valence-corrected chi connectivity index (χ4v) is 1.32. The lowest BCUT2D eigenvalue weighted by molar-refractivity contribution is -0.112. The summed E-state index contributed by atoms with van der Waals surface area (Å²) in [5.74, 6) is 0.785. The number of aromatic nitrogens is 2. The summed E-state index contributed by atoms with van der Waals surface area (Å²) >= 11 is 0. The van der Waals surface area contributed by atoms with E-state index in [1.807, 2.05) is 54.5 Å². The van der Waals surface area contributed by atoms with E-state index in [1.54, 1.807) is 36.1 Å². The van der Waals surface area contributed by atoms with Crippen LogP contribution in [-0.4, -0.2) is 15.7 Å². The van der Waals surface area contributed by atoms with E-state index in [1.165, 1.54) is 5.57 Å². The molecule has 0 atom stereocenters. The smallest absolute Gasteiger partial charge is 0.256 e. The van der Waals surface area contributed by atoms with Crippen molar-refractivity contribution in [1.29, 1.82) is 0 Å². The first-order valence-electron chi connectivity index (χ1n) is 9.26. The van der Waals surface area contributed by atoms with Gasteiger partial charge in [-0.3, -0.25) is 9.48 Å². The van der Waals surface area contributed by atoms with Gasteiger partial charge >= 0.3 is 0 Å². The number of nitrogens with one attached hydrogen (secondary N) is 1. The molecule has 0 fully saturated rings. The first kappa shape index (κ1) is 27.7. The minimum Gasteiger partial charge on any atom is -0.305 e. The van der Waals surface area contributed by atoms with Gasteiger partial charge < -0.3 is 5.32 Å². The molecule has 0 unspecified atom stereocenters. The summed E-state index contributed by atoms with van der Waals surface area (Å²) in [4.78, 5) is 12.0. The van der Waals surface area contributed by atoms with Gasteiger partial charge in [0.1, 0.15) is 0 Å². The molecule has 0 saturated carbocycles. The summed E-state index contributed by atoms with van der Waals surface area (Å²) in [6.45, 7) is 21.9. The van der Waals surface area contributed by atoms with Crippen LogP contribution in [0.15, 0.2) is 48.2 Å². The molecule has 0 aliphatic heterocycles. The van der Waals surface area contributed by atoms with Gasteiger partial charge in [0.05, 0.1) is 0 Å². The number of carbonyl (C=O) groups is 1. The van der Waals surface area contributed by atoms with Crippen molar-refractivity contribution in [3.05, 3.63) is 48.2 Å². The number of nitrogens with zero attached hydrogens (tertiary/aromatic N) is 2. The third kappa shape index (κ3) is 12.9. The third-order valence-electron chi connectivity index (χ3n) is 2.87. The summed E-state index contributed by atoms with van der Waals surface area (Å²) in [5.41, 5.74) is 1.73. The monoisotopic (exact) mass is 349 g/mol. The SMILES string of the molecule is C=C/C(=C\C=C(/C)C(C)C)C(=O)Nc1ccn(C)n1.CC.CC.CC. The summed E-state index contributed by atoms with van der Waals surface area (Å²) in [6.07, 6.45) is 7.04. The zero-order chi connectivity index (χ0) is 20.4. The van der Waals surface area contributed by atoms with Crippen LogP contribution >= 0.6 is 0 Å². The molecule has 0 spiro atoms. The lowest BCUT2D eigenvalue weighted by atomic mass is 10.0. The summed E-state index contributed by atoms with van der Waals surface area (Å²) < 4.78 is 1.63. The highest BCUT2D eigenvalue weighted by molar-refractivity contribution is 6.05. The number of anilines is 1. The van der Waals surface area contributed by atoms with Crippen molar-refractivity contribution in [2.45, 2.75) is 62.3 Å². The van der Waals surface area contributed by atoms with Gasteiger partial charge in [0.2, 0.25) is 0 Å². The van der Waals surface area contributed by atoms with Gasteiger partial charge in [0.15, 0.2) is 5.82 Å².